The van der Waals surface area contributed by atoms with Crippen LogP contribution in [0, 0.1) is 0 Å². The maximum absolute atomic E-state index is 11.8. The Kier molecular flexibility index (Phi) is 4.28. The molecule has 0 atom stereocenters. The Bertz CT molecular complexity index is 801. The molecule has 0 aliphatic carbocycles. The van der Waals surface area contributed by atoms with E-state index in [1.807, 2.05) is 42.5 Å². The molecule has 3 rings (SSSR count). The second-order valence-electron chi connectivity index (χ2n) is 4.73. The van der Waals surface area contributed by atoms with Gasteiger partial charge >= 0.3 is 5.97 Å². The standard InChI is InChI=1S/C16H15N5O2/c1-23-16(22)13-9-5-6-10-14(13)17-11-15-18-19-20-21(15)12-7-3-2-4-8-12/h2-10,17H,11H2,1H3. The van der Waals surface area contributed by atoms with Gasteiger partial charge in [-0.2, -0.15) is 4.68 Å². The molecule has 0 saturated carbocycles. The third kappa shape index (κ3) is 3.18. The Morgan fingerprint density at radius 2 is 1.87 bits per heavy atom. The number of anilines is 1. The van der Waals surface area contributed by atoms with Crippen molar-refractivity contribution in [1.82, 2.24) is 20.2 Å². The van der Waals surface area contributed by atoms with E-state index in [4.69, 9.17) is 4.74 Å². The lowest BCUT2D eigenvalue weighted by molar-refractivity contribution is 0.0602. The zero-order valence-electron chi connectivity index (χ0n) is 12.5. The van der Waals surface area contributed by atoms with Crippen molar-refractivity contribution in [3.05, 3.63) is 66.0 Å². The van der Waals surface area contributed by atoms with Gasteiger partial charge in [0.25, 0.3) is 0 Å². The third-order valence-electron chi connectivity index (χ3n) is 3.30. The van der Waals surface area contributed by atoms with Crippen LogP contribution in [0.2, 0.25) is 0 Å². The molecule has 0 spiro atoms. The normalized spacial score (nSPS) is 10.3. The third-order valence-corrected chi connectivity index (χ3v) is 3.30. The number of tetrazole rings is 1. The summed E-state index contributed by atoms with van der Waals surface area (Å²) < 4.78 is 6.43. The molecule has 0 radical (unpaired) electrons. The quantitative estimate of drug-likeness (QED) is 0.727. The van der Waals surface area contributed by atoms with Gasteiger partial charge in [0.05, 0.1) is 24.9 Å². The summed E-state index contributed by atoms with van der Waals surface area (Å²) in [5.74, 6) is 0.242. The highest BCUT2D eigenvalue weighted by Gasteiger charge is 2.12. The first kappa shape index (κ1) is 14.7. The van der Waals surface area contributed by atoms with Crippen molar-refractivity contribution in [1.29, 1.82) is 0 Å². The lowest BCUT2D eigenvalue weighted by Gasteiger charge is -2.10. The summed E-state index contributed by atoms with van der Waals surface area (Å²) in [5.41, 5.74) is 2.01. The molecular weight excluding hydrogens is 294 g/mol. The molecule has 23 heavy (non-hydrogen) atoms. The monoisotopic (exact) mass is 309 g/mol. The molecular formula is C16H15N5O2. The van der Waals surface area contributed by atoms with Crippen molar-refractivity contribution in [3.63, 3.8) is 0 Å². The van der Waals surface area contributed by atoms with Gasteiger partial charge in [0.1, 0.15) is 0 Å². The minimum absolute atomic E-state index is 0.371. The molecule has 2 aromatic carbocycles. The van der Waals surface area contributed by atoms with Gasteiger partial charge in [0.15, 0.2) is 5.82 Å². The molecule has 0 bridgehead atoms. The number of carbonyl (C=O) groups excluding carboxylic acids is 1. The van der Waals surface area contributed by atoms with E-state index in [9.17, 15) is 4.79 Å². The van der Waals surface area contributed by atoms with Crippen LogP contribution < -0.4 is 5.32 Å². The Morgan fingerprint density at radius 3 is 2.65 bits per heavy atom. The van der Waals surface area contributed by atoms with Gasteiger partial charge in [0, 0.05) is 5.69 Å². The number of carbonyl (C=O) groups is 1. The van der Waals surface area contributed by atoms with Gasteiger partial charge in [-0.25, -0.2) is 4.79 Å². The van der Waals surface area contributed by atoms with Gasteiger partial charge < -0.3 is 10.1 Å². The van der Waals surface area contributed by atoms with E-state index in [-0.39, 0.29) is 0 Å². The summed E-state index contributed by atoms with van der Waals surface area (Å²) >= 11 is 0. The number of para-hydroxylation sites is 2. The van der Waals surface area contributed by atoms with Crippen molar-refractivity contribution >= 4 is 11.7 Å². The maximum Gasteiger partial charge on any atom is 0.339 e. The van der Waals surface area contributed by atoms with Crippen molar-refractivity contribution in [3.8, 4) is 5.69 Å². The summed E-state index contributed by atoms with van der Waals surface area (Å²) in [6.45, 7) is 0.371. The van der Waals surface area contributed by atoms with Crippen LogP contribution in [0.5, 0.6) is 0 Å². The number of aromatic nitrogens is 4. The molecule has 0 saturated heterocycles. The maximum atomic E-state index is 11.8. The number of hydrogen-bond donors (Lipinski definition) is 1. The predicted molar refractivity (Wildman–Crippen MR) is 84.3 cm³/mol. The SMILES string of the molecule is COC(=O)c1ccccc1NCc1nnnn1-c1ccccc1. The number of ether oxygens (including phenoxy) is 1. The first-order chi connectivity index (χ1) is 11.3. The highest BCUT2D eigenvalue weighted by atomic mass is 16.5. The average Bonchev–Trinajstić information content (AvgIpc) is 3.09. The van der Waals surface area contributed by atoms with Gasteiger partial charge in [-0.3, -0.25) is 0 Å². The minimum Gasteiger partial charge on any atom is -0.465 e. The number of esters is 1. The average molecular weight is 309 g/mol. The van der Waals surface area contributed by atoms with Crippen LogP contribution in [0.25, 0.3) is 5.69 Å². The van der Waals surface area contributed by atoms with Crippen LogP contribution in [-0.2, 0) is 11.3 Å². The Labute approximate surface area is 132 Å². The number of nitrogens with one attached hydrogen (secondary N) is 1. The second-order valence-corrected chi connectivity index (χ2v) is 4.73. The largest absolute Gasteiger partial charge is 0.465 e. The van der Waals surface area contributed by atoms with Crippen LogP contribution >= 0.6 is 0 Å². The summed E-state index contributed by atoms with van der Waals surface area (Å²) in [7, 11) is 1.36. The molecule has 0 aliphatic heterocycles. The second kappa shape index (κ2) is 6.69. The fourth-order valence-electron chi connectivity index (χ4n) is 2.19. The highest BCUT2D eigenvalue weighted by Crippen LogP contribution is 2.17. The van der Waals surface area contributed by atoms with E-state index in [2.05, 4.69) is 20.8 Å². The van der Waals surface area contributed by atoms with E-state index in [0.29, 0.717) is 23.6 Å². The van der Waals surface area contributed by atoms with Crippen molar-refractivity contribution in [2.24, 2.45) is 0 Å². The van der Waals surface area contributed by atoms with Gasteiger partial charge in [0.2, 0.25) is 0 Å². The molecule has 1 N–H and O–H groups in total. The lowest BCUT2D eigenvalue weighted by atomic mass is 10.2. The van der Waals surface area contributed by atoms with Crippen molar-refractivity contribution in [2.75, 3.05) is 12.4 Å². The van der Waals surface area contributed by atoms with Crippen LogP contribution in [0.4, 0.5) is 5.69 Å². The number of methoxy groups -OCH3 is 1. The predicted octanol–water partition coefficient (Wildman–Crippen LogP) is 2.06. The smallest absolute Gasteiger partial charge is 0.339 e. The number of nitrogens with zero attached hydrogens (tertiary/aromatic N) is 4. The Hall–Kier alpha value is -3.22. The molecule has 116 valence electrons. The van der Waals surface area contributed by atoms with E-state index >= 15 is 0 Å². The summed E-state index contributed by atoms with van der Waals surface area (Å²) in [5, 5.41) is 14.9. The van der Waals surface area contributed by atoms with Crippen LogP contribution in [-0.4, -0.2) is 33.3 Å². The Balaban J connectivity index is 1.81. The van der Waals surface area contributed by atoms with Gasteiger partial charge in [-0.1, -0.05) is 30.3 Å². The zero-order chi connectivity index (χ0) is 16.1. The van der Waals surface area contributed by atoms with E-state index in [1.54, 1.807) is 16.8 Å². The van der Waals surface area contributed by atoms with Crippen molar-refractivity contribution in [2.45, 2.75) is 6.54 Å². The van der Waals surface area contributed by atoms with E-state index in [0.717, 1.165) is 5.69 Å². The molecule has 7 nitrogen and oxygen atoms in total. The van der Waals surface area contributed by atoms with E-state index < -0.39 is 5.97 Å². The van der Waals surface area contributed by atoms with Crippen molar-refractivity contribution < 1.29 is 9.53 Å². The topological polar surface area (TPSA) is 81.9 Å². The summed E-state index contributed by atoms with van der Waals surface area (Å²) in [4.78, 5) is 11.8. The van der Waals surface area contributed by atoms with Gasteiger partial charge in [-0.05, 0) is 34.7 Å². The highest BCUT2D eigenvalue weighted by molar-refractivity contribution is 5.95. The van der Waals surface area contributed by atoms with Crippen LogP contribution in [0.15, 0.2) is 54.6 Å². The molecule has 0 aliphatic rings. The molecule has 3 aromatic rings. The number of hydrogen-bond acceptors (Lipinski definition) is 6. The lowest BCUT2D eigenvalue weighted by Crippen LogP contribution is -2.11. The fourth-order valence-corrected chi connectivity index (χ4v) is 2.19. The Morgan fingerprint density at radius 1 is 1.13 bits per heavy atom. The summed E-state index contributed by atoms with van der Waals surface area (Å²) in [6.07, 6.45) is 0. The molecule has 7 heteroatoms. The molecule has 0 fully saturated rings. The first-order valence-corrected chi connectivity index (χ1v) is 7.03. The van der Waals surface area contributed by atoms with Crippen LogP contribution in [0.3, 0.4) is 0 Å². The first-order valence-electron chi connectivity index (χ1n) is 7.03. The minimum atomic E-state index is -0.393. The number of benzene rings is 2. The summed E-state index contributed by atoms with van der Waals surface area (Å²) in [6, 6.07) is 16.7. The number of rotatable bonds is 5. The van der Waals surface area contributed by atoms with Gasteiger partial charge in [-0.15, -0.1) is 5.10 Å². The fraction of sp³-hybridized carbons (Fsp3) is 0.125. The molecule has 1 heterocycles. The van der Waals surface area contributed by atoms with E-state index in [1.165, 1.54) is 7.11 Å². The molecule has 0 amide bonds. The molecule has 1 aromatic heterocycles. The zero-order valence-corrected chi connectivity index (χ0v) is 12.5. The van der Waals surface area contributed by atoms with Crippen LogP contribution in [0.1, 0.15) is 16.2 Å². The molecule has 0 unspecified atom stereocenters.